The van der Waals surface area contributed by atoms with E-state index in [2.05, 4.69) is 27.9 Å². The Morgan fingerprint density at radius 3 is 2.48 bits per heavy atom. The van der Waals surface area contributed by atoms with Crippen LogP contribution in [-0.4, -0.2) is 40.2 Å². The van der Waals surface area contributed by atoms with Crippen molar-refractivity contribution in [2.24, 2.45) is 0 Å². The fourth-order valence-corrected chi connectivity index (χ4v) is 4.27. The van der Waals surface area contributed by atoms with Gasteiger partial charge in [-0.3, -0.25) is 9.48 Å². The number of hydrogen-bond donors (Lipinski definition) is 2. The zero-order chi connectivity index (χ0) is 23.0. The summed E-state index contributed by atoms with van der Waals surface area (Å²) in [5.74, 6) is -0.0605. The molecule has 33 heavy (non-hydrogen) atoms. The summed E-state index contributed by atoms with van der Waals surface area (Å²) in [4.78, 5) is 26.5. The summed E-state index contributed by atoms with van der Waals surface area (Å²) in [5, 5.41) is 10.6. The fraction of sp³-hybridized carbons (Fsp3) is 0.346. The topological polar surface area (TPSA) is 79.3 Å². The van der Waals surface area contributed by atoms with Crippen LogP contribution in [0.15, 0.2) is 66.9 Å². The highest BCUT2D eigenvalue weighted by atomic mass is 16.2. The van der Waals surface area contributed by atoms with Crippen LogP contribution < -0.4 is 10.6 Å². The third-order valence-corrected chi connectivity index (χ3v) is 6.01. The highest BCUT2D eigenvalue weighted by Gasteiger charge is 2.25. The first-order valence-electron chi connectivity index (χ1n) is 11.5. The Balaban J connectivity index is 1.25. The summed E-state index contributed by atoms with van der Waals surface area (Å²) >= 11 is 0. The number of hydrogen-bond acceptors (Lipinski definition) is 3. The second kappa shape index (κ2) is 10.8. The van der Waals surface area contributed by atoms with E-state index in [0.717, 1.165) is 36.9 Å². The van der Waals surface area contributed by atoms with Crippen LogP contribution in [0.2, 0.25) is 0 Å². The van der Waals surface area contributed by atoms with Gasteiger partial charge in [0.1, 0.15) is 0 Å². The summed E-state index contributed by atoms with van der Waals surface area (Å²) in [7, 11) is 1.75. The van der Waals surface area contributed by atoms with Gasteiger partial charge < -0.3 is 15.5 Å². The summed E-state index contributed by atoms with van der Waals surface area (Å²) in [6.45, 7) is 1.56. The van der Waals surface area contributed by atoms with Crippen molar-refractivity contribution in [3.63, 3.8) is 0 Å². The summed E-state index contributed by atoms with van der Waals surface area (Å²) < 4.78 is 2.05. The molecule has 1 aliphatic rings. The number of benzene rings is 2. The zero-order valence-corrected chi connectivity index (χ0v) is 19.0. The maximum Gasteiger partial charge on any atom is 0.317 e. The van der Waals surface area contributed by atoms with Crippen molar-refractivity contribution in [1.29, 1.82) is 0 Å². The van der Waals surface area contributed by atoms with Crippen LogP contribution in [0.5, 0.6) is 0 Å². The molecule has 0 aliphatic heterocycles. The van der Waals surface area contributed by atoms with Gasteiger partial charge in [-0.2, -0.15) is 5.10 Å². The van der Waals surface area contributed by atoms with Gasteiger partial charge >= 0.3 is 6.03 Å². The first-order valence-corrected chi connectivity index (χ1v) is 11.5. The van der Waals surface area contributed by atoms with Gasteiger partial charge in [0.2, 0.25) is 5.91 Å². The number of urea groups is 1. The summed E-state index contributed by atoms with van der Waals surface area (Å²) in [6, 6.07) is 19.9. The molecule has 1 aliphatic carbocycles. The minimum Gasteiger partial charge on any atom is -0.349 e. The van der Waals surface area contributed by atoms with Gasteiger partial charge in [0.05, 0.1) is 18.8 Å². The molecule has 0 saturated carbocycles. The number of rotatable bonds is 8. The van der Waals surface area contributed by atoms with Crippen molar-refractivity contribution in [2.45, 2.75) is 44.8 Å². The Kier molecular flexibility index (Phi) is 7.40. The van der Waals surface area contributed by atoms with Gasteiger partial charge in [-0.05, 0) is 30.4 Å². The highest BCUT2D eigenvalue weighted by molar-refractivity contribution is 5.78. The second-order valence-corrected chi connectivity index (χ2v) is 8.53. The smallest absolute Gasteiger partial charge is 0.317 e. The van der Waals surface area contributed by atoms with Gasteiger partial charge in [0.15, 0.2) is 0 Å². The number of carbonyl (C=O) groups is 2. The van der Waals surface area contributed by atoms with E-state index in [0.29, 0.717) is 13.1 Å². The largest absolute Gasteiger partial charge is 0.349 e. The molecular weight excluding hydrogens is 414 g/mol. The number of nitrogens with one attached hydrogen (secondary N) is 2. The average Bonchev–Trinajstić information content (AvgIpc) is 3.24. The molecule has 0 bridgehead atoms. The molecule has 0 saturated heterocycles. The normalized spacial score (nSPS) is 14.9. The van der Waals surface area contributed by atoms with Crippen LogP contribution in [0.4, 0.5) is 4.79 Å². The number of amides is 3. The lowest BCUT2D eigenvalue weighted by Gasteiger charge is -2.24. The van der Waals surface area contributed by atoms with Crippen LogP contribution in [0, 0.1) is 0 Å². The van der Waals surface area contributed by atoms with E-state index in [4.69, 9.17) is 0 Å². The molecule has 0 spiro atoms. The number of nitrogens with zero attached hydrogens (tertiary/aromatic N) is 3. The highest BCUT2D eigenvalue weighted by Crippen LogP contribution is 2.30. The molecule has 0 fully saturated rings. The zero-order valence-electron chi connectivity index (χ0n) is 19.0. The number of aromatic nitrogens is 2. The lowest BCUT2D eigenvalue weighted by Crippen LogP contribution is -2.39. The molecule has 0 radical (unpaired) electrons. The van der Waals surface area contributed by atoms with E-state index in [1.54, 1.807) is 11.9 Å². The lowest BCUT2D eigenvalue weighted by molar-refractivity contribution is -0.121. The molecule has 1 aromatic heterocycles. The molecule has 7 nitrogen and oxygen atoms in total. The molecule has 2 aromatic carbocycles. The molecule has 2 N–H and O–H groups in total. The van der Waals surface area contributed by atoms with E-state index >= 15 is 0 Å². The Morgan fingerprint density at radius 2 is 1.76 bits per heavy atom. The third kappa shape index (κ3) is 6.00. The van der Waals surface area contributed by atoms with E-state index in [9.17, 15) is 9.59 Å². The Hall–Kier alpha value is -3.61. The first-order chi connectivity index (χ1) is 16.1. The fourth-order valence-electron chi connectivity index (χ4n) is 4.27. The Morgan fingerprint density at radius 1 is 1.06 bits per heavy atom. The maximum atomic E-state index is 12.6. The van der Waals surface area contributed by atoms with Gasteiger partial charge in [-0.1, -0.05) is 60.7 Å². The number of fused-ring (bicyclic) bond motifs is 1. The van der Waals surface area contributed by atoms with Crippen molar-refractivity contribution in [3.8, 4) is 0 Å². The van der Waals surface area contributed by atoms with Crippen molar-refractivity contribution in [1.82, 2.24) is 25.3 Å². The Bertz CT molecular complexity index is 1060. The average molecular weight is 446 g/mol. The molecule has 3 amide bonds. The van der Waals surface area contributed by atoms with E-state index in [1.165, 1.54) is 11.3 Å². The monoisotopic (exact) mass is 445 g/mol. The van der Waals surface area contributed by atoms with Crippen LogP contribution in [0.25, 0.3) is 0 Å². The van der Waals surface area contributed by atoms with Crippen LogP contribution in [0.1, 0.15) is 47.7 Å². The van der Waals surface area contributed by atoms with E-state index < -0.39 is 0 Å². The molecular formula is C26H31N5O2. The third-order valence-electron chi connectivity index (χ3n) is 6.01. The molecule has 4 rings (SSSR count). The predicted octanol–water partition coefficient (Wildman–Crippen LogP) is 3.66. The quantitative estimate of drug-likeness (QED) is 0.555. The molecule has 172 valence electrons. The van der Waals surface area contributed by atoms with Crippen molar-refractivity contribution in [2.75, 3.05) is 13.6 Å². The van der Waals surface area contributed by atoms with Gasteiger partial charge in [0, 0.05) is 37.8 Å². The molecule has 1 atom stereocenters. The van der Waals surface area contributed by atoms with Crippen LogP contribution in [-0.2, 0) is 24.3 Å². The summed E-state index contributed by atoms with van der Waals surface area (Å²) in [6.07, 6.45) is 5.03. The van der Waals surface area contributed by atoms with Crippen molar-refractivity contribution >= 4 is 11.9 Å². The van der Waals surface area contributed by atoms with Crippen LogP contribution in [0.3, 0.4) is 0 Å². The van der Waals surface area contributed by atoms with E-state index in [1.807, 2.05) is 59.4 Å². The predicted molar refractivity (Wildman–Crippen MR) is 128 cm³/mol. The molecule has 1 unspecified atom stereocenters. The minimum absolute atomic E-state index is 0.0257. The second-order valence-electron chi connectivity index (χ2n) is 8.53. The van der Waals surface area contributed by atoms with E-state index in [-0.39, 0.29) is 24.4 Å². The molecule has 1 heterocycles. The van der Waals surface area contributed by atoms with Gasteiger partial charge in [-0.25, -0.2) is 4.79 Å². The summed E-state index contributed by atoms with van der Waals surface area (Å²) in [5.41, 5.74) is 4.58. The molecule has 7 heteroatoms. The minimum atomic E-state index is -0.186. The number of carbonyl (C=O) groups excluding carboxylic acids is 2. The molecule has 3 aromatic rings. The van der Waals surface area contributed by atoms with Gasteiger partial charge in [-0.15, -0.1) is 0 Å². The first kappa shape index (κ1) is 22.6. The SMILES string of the molecule is CN(Cc1ccccc1)C(=O)NCCC(=O)NC1CCCc2c1cnn2Cc1ccccc1. The standard InChI is InChI=1S/C26H31N5O2/c1-30(18-20-9-4-2-5-10-20)26(33)27-16-15-25(32)29-23-13-8-14-24-22(23)17-28-31(24)19-21-11-6-3-7-12-21/h2-7,9-12,17,23H,8,13-16,18-19H2,1H3,(H,27,33)(H,29,32). The van der Waals surface area contributed by atoms with Crippen molar-refractivity contribution < 1.29 is 9.59 Å². The maximum absolute atomic E-state index is 12.6. The Labute approximate surface area is 194 Å². The van der Waals surface area contributed by atoms with Gasteiger partial charge in [0.25, 0.3) is 0 Å². The lowest BCUT2D eigenvalue weighted by atomic mass is 9.92. The van der Waals surface area contributed by atoms with Crippen molar-refractivity contribution in [3.05, 3.63) is 89.2 Å². The van der Waals surface area contributed by atoms with Crippen LogP contribution >= 0.6 is 0 Å².